The van der Waals surface area contributed by atoms with E-state index in [2.05, 4.69) is 28.8 Å². The van der Waals surface area contributed by atoms with Crippen molar-refractivity contribution in [1.29, 1.82) is 0 Å². The maximum Gasteiger partial charge on any atom is 0.247 e. The zero-order valence-electron chi connectivity index (χ0n) is 15.0. The smallest absolute Gasteiger partial charge is 0.247 e. The second kappa shape index (κ2) is 8.72. The van der Waals surface area contributed by atoms with Gasteiger partial charge in [0.15, 0.2) is 0 Å². The van der Waals surface area contributed by atoms with E-state index < -0.39 is 6.04 Å². The minimum Gasteiger partial charge on any atom is -0.344 e. The molecular formula is C21H24N2O2S. The van der Waals surface area contributed by atoms with Gasteiger partial charge in [-0.3, -0.25) is 9.59 Å². The molecule has 136 valence electrons. The number of aryl methyl sites for hydroxylation is 1. The molecule has 2 aromatic rings. The van der Waals surface area contributed by atoms with Crippen LogP contribution in [0.5, 0.6) is 0 Å². The van der Waals surface area contributed by atoms with Crippen LogP contribution < -0.4 is 10.6 Å². The van der Waals surface area contributed by atoms with Crippen LogP contribution in [0.2, 0.25) is 0 Å². The van der Waals surface area contributed by atoms with Gasteiger partial charge in [-0.25, -0.2) is 0 Å². The molecule has 2 amide bonds. The first-order chi connectivity index (χ1) is 12.0. The van der Waals surface area contributed by atoms with Crippen molar-refractivity contribution in [2.75, 3.05) is 5.32 Å². The van der Waals surface area contributed by atoms with Crippen LogP contribution >= 0.6 is 13.5 Å². The highest BCUT2D eigenvalue weighted by atomic mass is 32.1. The van der Waals surface area contributed by atoms with Crippen molar-refractivity contribution >= 4 is 36.6 Å². The van der Waals surface area contributed by atoms with Crippen molar-refractivity contribution in [2.45, 2.75) is 32.7 Å². The zero-order valence-corrected chi connectivity index (χ0v) is 16.0. The number of nitrogens with one attached hydrogen (secondary N) is 2. The van der Waals surface area contributed by atoms with Crippen molar-refractivity contribution in [2.24, 2.45) is 0 Å². The molecule has 4 nitrogen and oxygen atoms in total. The van der Waals surface area contributed by atoms with E-state index in [1.54, 1.807) is 0 Å². The summed E-state index contributed by atoms with van der Waals surface area (Å²) >= 11 is 0. The summed E-state index contributed by atoms with van der Waals surface area (Å²) in [4.78, 5) is 24.2. The van der Waals surface area contributed by atoms with Crippen LogP contribution in [-0.4, -0.2) is 17.9 Å². The molecule has 1 atom stereocenters. The highest BCUT2D eigenvalue weighted by Gasteiger charge is 2.24. The lowest BCUT2D eigenvalue weighted by molar-refractivity contribution is -0.125. The molecular weight excluding hydrogens is 344 g/mol. The van der Waals surface area contributed by atoms with Crippen molar-refractivity contribution in [3.63, 3.8) is 0 Å². The molecule has 2 N–H and O–H groups in total. The third kappa shape index (κ3) is 4.76. The number of allylic oxidation sites excluding steroid dienone is 1. The molecule has 0 fully saturated rings. The van der Waals surface area contributed by atoms with Gasteiger partial charge >= 0.3 is 0 Å². The minimum absolute atomic E-state index is 0. The topological polar surface area (TPSA) is 58.2 Å². The first-order valence-electron chi connectivity index (χ1n) is 8.45. The Hall–Kier alpha value is -2.53. The van der Waals surface area contributed by atoms with Crippen LogP contribution in [-0.2, 0) is 16.0 Å². The average molecular weight is 369 g/mol. The number of carbonyl (C=O) groups is 2. The van der Waals surface area contributed by atoms with Gasteiger partial charge < -0.3 is 10.6 Å². The lowest BCUT2D eigenvalue weighted by Crippen LogP contribution is -2.43. The lowest BCUT2D eigenvalue weighted by atomic mass is 9.99. The number of fused-ring (bicyclic) bond motifs is 1. The summed E-state index contributed by atoms with van der Waals surface area (Å²) < 4.78 is 0. The van der Waals surface area contributed by atoms with Gasteiger partial charge in [0.1, 0.15) is 6.04 Å². The van der Waals surface area contributed by atoms with Gasteiger partial charge in [-0.15, -0.1) is 0 Å². The Morgan fingerprint density at radius 1 is 1.08 bits per heavy atom. The molecule has 1 aliphatic rings. The fourth-order valence-electron chi connectivity index (χ4n) is 3.09. The van der Waals surface area contributed by atoms with E-state index in [9.17, 15) is 9.59 Å². The van der Waals surface area contributed by atoms with Crippen molar-refractivity contribution in [3.05, 3.63) is 71.3 Å². The van der Waals surface area contributed by atoms with E-state index in [0.717, 1.165) is 23.2 Å². The summed E-state index contributed by atoms with van der Waals surface area (Å²) in [5.41, 5.74) is 5.39. The third-order valence-corrected chi connectivity index (χ3v) is 4.37. The number of hydrogen-bond acceptors (Lipinski definition) is 2. The van der Waals surface area contributed by atoms with Crippen LogP contribution in [0, 0.1) is 6.92 Å². The number of benzene rings is 2. The molecule has 3 rings (SSSR count). The van der Waals surface area contributed by atoms with E-state index in [1.165, 1.54) is 18.1 Å². The van der Waals surface area contributed by atoms with Crippen LogP contribution in [0.15, 0.2) is 54.6 Å². The summed E-state index contributed by atoms with van der Waals surface area (Å²) in [6.45, 7) is 3.43. The largest absolute Gasteiger partial charge is 0.344 e. The minimum atomic E-state index is -0.601. The lowest BCUT2D eigenvalue weighted by Gasteiger charge is -2.19. The molecule has 0 aliphatic heterocycles. The molecule has 0 bridgehead atoms. The van der Waals surface area contributed by atoms with Crippen molar-refractivity contribution < 1.29 is 9.59 Å². The summed E-state index contributed by atoms with van der Waals surface area (Å²) in [6.07, 6.45) is 3.49. The van der Waals surface area contributed by atoms with Gasteiger partial charge in [0.2, 0.25) is 11.8 Å². The molecule has 0 aromatic heterocycles. The van der Waals surface area contributed by atoms with E-state index in [1.807, 2.05) is 43.3 Å². The van der Waals surface area contributed by atoms with Gasteiger partial charge in [0.05, 0.1) is 0 Å². The van der Waals surface area contributed by atoms with Crippen LogP contribution in [0.25, 0.3) is 5.57 Å². The highest BCUT2D eigenvalue weighted by molar-refractivity contribution is 7.59. The molecule has 0 saturated heterocycles. The Kier molecular flexibility index (Phi) is 6.64. The molecule has 0 saturated carbocycles. The van der Waals surface area contributed by atoms with E-state index in [0.29, 0.717) is 6.42 Å². The maximum absolute atomic E-state index is 12.7. The van der Waals surface area contributed by atoms with Crippen molar-refractivity contribution in [1.82, 2.24) is 5.32 Å². The second-order valence-corrected chi connectivity index (χ2v) is 6.40. The van der Waals surface area contributed by atoms with Crippen LogP contribution in [0.3, 0.4) is 0 Å². The molecule has 1 aliphatic carbocycles. The van der Waals surface area contributed by atoms with E-state index in [4.69, 9.17) is 0 Å². The third-order valence-electron chi connectivity index (χ3n) is 4.37. The number of amides is 2. The van der Waals surface area contributed by atoms with Gasteiger partial charge in [-0.05, 0) is 42.2 Å². The molecule has 0 heterocycles. The predicted molar refractivity (Wildman–Crippen MR) is 111 cm³/mol. The van der Waals surface area contributed by atoms with Crippen LogP contribution in [0.1, 0.15) is 30.0 Å². The number of rotatable bonds is 5. The van der Waals surface area contributed by atoms with Crippen molar-refractivity contribution in [3.8, 4) is 0 Å². The monoisotopic (exact) mass is 368 g/mol. The Balaban J connectivity index is 0.00000243. The quantitative estimate of drug-likeness (QED) is 0.847. The fourth-order valence-corrected chi connectivity index (χ4v) is 3.09. The number of anilines is 1. The highest BCUT2D eigenvalue weighted by Crippen LogP contribution is 2.30. The Labute approximate surface area is 161 Å². The molecule has 26 heavy (non-hydrogen) atoms. The zero-order chi connectivity index (χ0) is 17.8. The van der Waals surface area contributed by atoms with Crippen LogP contribution in [0.4, 0.5) is 5.69 Å². The summed E-state index contributed by atoms with van der Waals surface area (Å²) in [5, 5.41) is 5.67. The number of hydrogen-bond donors (Lipinski definition) is 2. The molecule has 1 unspecified atom stereocenters. The molecule has 2 aromatic carbocycles. The maximum atomic E-state index is 12.7. The molecule has 0 radical (unpaired) electrons. The van der Waals surface area contributed by atoms with Gasteiger partial charge in [-0.2, -0.15) is 13.5 Å². The van der Waals surface area contributed by atoms with Gasteiger partial charge in [0.25, 0.3) is 0 Å². The van der Waals surface area contributed by atoms with E-state index >= 15 is 0 Å². The number of carbonyl (C=O) groups excluding carboxylic acids is 2. The SMILES string of the molecule is CC(=O)NC(CC1=CCc2ccccc21)C(=O)Nc1ccc(C)cc1.S. The first kappa shape index (κ1) is 19.8. The summed E-state index contributed by atoms with van der Waals surface area (Å²) in [5.74, 6) is -0.416. The van der Waals surface area contributed by atoms with E-state index in [-0.39, 0.29) is 25.3 Å². The normalized spacial score (nSPS) is 13.1. The predicted octanol–water partition coefficient (Wildman–Crippen LogP) is 3.58. The Morgan fingerprint density at radius 3 is 2.46 bits per heavy atom. The van der Waals surface area contributed by atoms with Gasteiger partial charge in [-0.1, -0.05) is 48.0 Å². The van der Waals surface area contributed by atoms with Gasteiger partial charge in [0, 0.05) is 19.0 Å². The second-order valence-electron chi connectivity index (χ2n) is 6.40. The molecule has 0 spiro atoms. The molecule has 5 heteroatoms. The standard InChI is InChI=1S/C21H22N2O2.H2S/c1-14-7-11-18(12-8-14)23-21(25)20(22-15(2)24)13-17-10-9-16-5-3-4-6-19(16)17;/h3-8,10-12,20H,9,13H2,1-2H3,(H,22,24)(H,23,25);1H2. The fraction of sp³-hybridized carbons (Fsp3) is 0.238. The Bertz CT molecular complexity index is 828. The summed E-state index contributed by atoms with van der Waals surface area (Å²) in [6, 6.07) is 15.2. The Morgan fingerprint density at radius 2 is 1.77 bits per heavy atom. The average Bonchev–Trinajstić information content (AvgIpc) is 2.99. The first-order valence-corrected chi connectivity index (χ1v) is 8.45. The summed E-state index contributed by atoms with van der Waals surface area (Å²) in [7, 11) is 0.